The van der Waals surface area contributed by atoms with Crippen molar-refractivity contribution >= 4 is 17.1 Å². The SMILES string of the molecule is CC1(C)c2ccccc2-c2ccc(N(c3cccc(-c4cccc5c4-c4ccccc4C54c5ccccc5-c5ccccc54)c3)c3ccccc3-c3ccccc3)cc21. The molecule has 278 valence electrons. The van der Waals surface area contributed by atoms with Gasteiger partial charge in [0.2, 0.25) is 0 Å². The molecule has 0 aliphatic heterocycles. The molecule has 0 atom stereocenters. The second-order valence-electron chi connectivity index (χ2n) is 16.8. The molecule has 0 bridgehead atoms. The van der Waals surface area contributed by atoms with Gasteiger partial charge in [-0.15, -0.1) is 0 Å². The molecule has 1 heteroatoms. The van der Waals surface area contributed by atoms with Gasteiger partial charge < -0.3 is 4.90 Å². The van der Waals surface area contributed by atoms with Gasteiger partial charge in [-0.3, -0.25) is 0 Å². The lowest BCUT2D eigenvalue weighted by atomic mass is 9.70. The highest BCUT2D eigenvalue weighted by Crippen LogP contribution is 2.64. The molecule has 9 aromatic rings. The Hall–Kier alpha value is -7.22. The molecule has 0 radical (unpaired) electrons. The average Bonchev–Trinajstić information content (AvgIpc) is 3.86. The first kappa shape index (κ1) is 33.9. The van der Waals surface area contributed by atoms with E-state index in [-0.39, 0.29) is 10.8 Å². The summed E-state index contributed by atoms with van der Waals surface area (Å²) >= 11 is 0. The van der Waals surface area contributed by atoms with Crippen LogP contribution in [0.3, 0.4) is 0 Å². The zero-order valence-electron chi connectivity index (χ0n) is 33.2. The van der Waals surface area contributed by atoms with E-state index in [4.69, 9.17) is 0 Å². The van der Waals surface area contributed by atoms with Crippen LogP contribution < -0.4 is 4.90 Å². The van der Waals surface area contributed by atoms with Crippen molar-refractivity contribution in [1.29, 1.82) is 0 Å². The van der Waals surface area contributed by atoms with Crippen molar-refractivity contribution in [2.75, 3.05) is 4.90 Å². The van der Waals surface area contributed by atoms with Crippen LogP contribution in [0.4, 0.5) is 17.1 Å². The van der Waals surface area contributed by atoms with Crippen LogP contribution in [0.25, 0.3) is 55.6 Å². The molecule has 0 saturated heterocycles. The third kappa shape index (κ3) is 4.67. The Morgan fingerprint density at radius 2 is 0.780 bits per heavy atom. The van der Waals surface area contributed by atoms with E-state index in [0.29, 0.717) is 0 Å². The highest BCUT2D eigenvalue weighted by atomic mass is 15.1. The summed E-state index contributed by atoms with van der Waals surface area (Å²) < 4.78 is 0. The quantitative estimate of drug-likeness (QED) is 0.169. The number of hydrogen-bond acceptors (Lipinski definition) is 1. The highest BCUT2D eigenvalue weighted by molar-refractivity contribution is 6.00. The molecule has 0 saturated carbocycles. The molecule has 9 aromatic carbocycles. The van der Waals surface area contributed by atoms with Gasteiger partial charge in [0.15, 0.2) is 0 Å². The van der Waals surface area contributed by atoms with Crippen LogP contribution in [0.2, 0.25) is 0 Å². The van der Waals surface area contributed by atoms with E-state index < -0.39 is 0 Å². The normalized spacial score (nSPS) is 14.2. The third-order valence-electron chi connectivity index (χ3n) is 13.5. The summed E-state index contributed by atoms with van der Waals surface area (Å²) in [6.07, 6.45) is 0. The molecule has 0 unspecified atom stereocenters. The van der Waals surface area contributed by atoms with E-state index in [1.54, 1.807) is 0 Å². The maximum absolute atomic E-state index is 2.48. The zero-order valence-corrected chi connectivity index (χ0v) is 33.2. The minimum Gasteiger partial charge on any atom is -0.310 e. The first-order valence-electron chi connectivity index (χ1n) is 20.8. The van der Waals surface area contributed by atoms with Gasteiger partial charge in [0.05, 0.1) is 11.1 Å². The van der Waals surface area contributed by atoms with Crippen molar-refractivity contribution in [3.05, 3.63) is 246 Å². The van der Waals surface area contributed by atoms with Crippen molar-refractivity contribution in [3.8, 4) is 55.6 Å². The van der Waals surface area contributed by atoms with Gasteiger partial charge >= 0.3 is 0 Å². The van der Waals surface area contributed by atoms with Crippen molar-refractivity contribution < 1.29 is 0 Å². The predicted octanol–water partition coefficient (Wildman–Crippen LogP) is 15.1. The summed E-state index contributed by atoms with van der Waals surface area (Å²) in [5.41, 5.74) is 23.8. The number of fused-ring (bicyclic) bond motifs is 13. The molecular formula is C58H41N. The Balaban J connectivity index is 1.08. The van der Waals surface area contributed by atoms with Crippen LogP contribution >= 0.6 is 0 Å². The van der Waals surface area contributed by atoms with E-state index in [2.05, 4.69) is 231 Å². The Morgan fingerprint density at radius 3 is 1.49 bits per heavy atom. The lowest BCUT2D eigenvalue weighted by Gasteiger charge is -2.31. The summed E-state index contributed by atoms with van der Waals surface area (Å²) in [5.74, 6) is 0. The van der Waals surface area contributed by atoms with Gasteiger partial charge in [-0.25, -0.2) is 0 Å². The third-order valence-corrected chi connectivity index (χ3v) is 13.5. The minimum absolute atomic E-state index is 0.125. The van der Waals surface area contributed by atoms with E-state index in [9.17, 15) is 0 Å². The standard InChI is InChI=1S/C58H41N/c1-57(2)49-28-11-6-23-44(49)47-35-34-41(37-54(47)57)59(55-33-15-10-22-42(55)38-18-4-3-5-19-38)40-21-16-20-39(36-40)43-27-17-32-53-56(43)48-26-9-14-31-52(48)58(53)50-29-12-7-24-45(50)46-25-8-13-30-51(46)58/h3-37H,1-2H3. The van der Waals surface area contributed by atoms with Crippen molar-refractivity contribution in [2.45, 2.75) is 24.7 Å². The number of para-hydroxylation sites is 1. The fraction of sp³-hybridized carbons (Fsp3) is 0.0690. The molecule has 59 heavy (non-hydrogen) atoms. The predicted molar refractivity (Wildman–Crippen MR) is 246 cm³/mol. The molecule has 1 nitrogen and oxygen atoms in total. The second kappa shape index (κ2) is 12.6. The molecule has 0 fully saturated rings. The summed E-state index contributed by atoms with van der Waals surface area (Å²) in [6.45, 7) is 4.73. The lowest BCUT2D eigenvalue weighted by molar-refractivity contribution is 0.660. The molecule has 0 aromatic heterocycles. The van der Waals surface area contributed by atoms with Gasteiger partial charge in [0.25, 0.3) is 0 Å². The molecule has 0 heterocycles. The molecule has 0 amide bonds. The van der Waals surface area contributed by atoms with Gasteiger partial charge in [-0.05, 0) is 114 Å². The Morgan fingerprint density at radius 1 is 0.305 bits per heavy atom. The zero-order chi connectivity index (χ0) is 39.3. The minimum atomic E-state index is -0.387. The number of nitrogens with zero attached hydrogens (tertiary/aromatic N) is 1. The number of rotatable bonds is 5. The smallest absolute Gasteiger partial charge is 0.0725 e. The fourth-order valence-corrected chi connectivity index (χ4v) is 11.0. The molecule has 12 rings (SSSR count). The summed E-state index contributed by atoms with van der Waals surface area (Å²) in [6, 6.07) is 79.1. The van der Waals surface area contributed by atoms with Crippen LogP contribution in [0.1, 0.15) is 47.2 Å². The monoisotopic (exact) mass is 751 g/mol. The van der Waals surface area contributed by atoms with E-state index in [1.165, 1.54) is 89.0 Å². The van der Waals surface area contributed by atoms with E-state index in [1.807, 2.05) is 0 Å². The fourth-order valence-electron chi connectivity index (χ4n) is 11.0. The largest absolute Gasteiger partial charge is 0.310 e. The number of hydrogen-bond donors (Lipinski definition) is 0. The first-order valence-corrected chi connectivity index (χ1v) is 20.8. The van der Waals surface area contributed by atoms with Crippen LogP contribution in [-0.4, -0.2) is 0 Å². The molecule has 3 aliphatic carbocycles. The van der Waals surface area contributed by atoms with Gasteiger partial charge in [-0.2, -0.15) is 0 Å². The topological polar surface area (TPSA) is 3.24 Å². The Bertz CT molecular complexity index is 3100. The molecule has 3 aliphatic rings. The van der Waals surface area contributed by atoms with Crippen LogP contribution in [0.15, 0.2) is 212 Å². The molecule has 1 spiro atoms. The van der Waals surface area contributed by atoms with Crippen LogP contribution in [0.5, 0.6) is 0 Å². The van der Waals surface area contributed by atoms with Crippen molar-refractivity contribution in [2.24, 2.45) is 0 Å². The average molecular weight is 752 g/mol. The summed E-state index contributed by atoms with van der Waals surface area (Å²) in [4.78, 5) is 2.48. The van der Waals surface area contributed by atoms with Gasteiger partial charge in [0.1, 0.15) is 0 Å². The highest BCUT2D eigenvalue weighted by Gasteiger charge is 2.52. The Labute approximate surface area is 346 Å². The molecule has 0 N–H and O–H groups in total. The van der Waals surface area contributed by atoms with E-state index in [0.717, 1.165) is 17.1 Å². The number of benzene rings is 9. The summed E-state index contributed by atoms with van der Waals surface area (Å²) in [7, 11) is 0. The van der Waals surface area contributed by atoms with Gasteiger partial charge in [-0.1, -0.05) is 196 Å². The second-order valence-corrected chi connectivity index (χ2v) is 16.8. The maximum Gasteiger partial charge on any atom is 0.0725 e. The molecular weight excluding hydrogens is 711 g/mol. The maximum atomic E-state index is 2.48. The first-order chi connectivity index (χ1) is 29.0. The summed E-state index contributed by atoms with van der Waals surface area (Å²) in [5, 5.41) is 0. The van der Waals surface area contributed by atoms with E-state index >= 15 is 0 Å². The van der Waals surface area contributed by atoms with Gasteiger partial charge in [0, 0.05) is 22.4 Å². The lowest BCUT2D eigenvalue weighted by Crippen LogP contribution is -2.25. The van der Waals surface area contributed by atoms with Crippen molar-refractivity contribution in [1.82, 2.24) is 0 Å². The number of anilines is 3. The van der Waals surface area contributed by atoms with Crippen LogP contribution in [0, 0.1) is 0 Å². The van der Waals surface area contributed by atoms with Crippen molar-refractivity contribution in [3.63, 3.8) is 0 Å². The Kier molecular flexibility index (Phi) is 7.26. The van der Waals surface area contributed by atoms with Crippen LogP contribution in [-0.2, 0) is 10.8 Å².